The molecule has 3 N–H and O–H groups in total. The van der Waals surface area contributed by atoms with E-state index in [4.69, 9.17) is 5.73 Å². The minimum absolute atomic E-state index is 0.0508. The van der Waals surface area contributed by atoms with Crippen LogP contribution >= 0.6 is 0 Å². The zero-order valence-electron chi connectivity index (χ0n) is 12.5. The average Bonchev–Trinajstić information content (AvgIpc) is 2.91. The molecule has 0 bridgehead atoms. The quantitative estimate of drug-likeness (QED) is 0.714. The number of pyridine rings is 1. The number of para-hydroxylation sites is 1. The van der Waals surface area contributed by atoms with Crippen molar-refractivity contribution in [2.45, 2.75) is 18.9 Å². The van der Waals surface area contributed by atoms with Crippen molar-refractivity contribution in [3.63, 3.8) is 0 Å². The number of hydrogen-bond donors (Lipinski definition) is 2. The first kappa shape index (κ1) is 13.8. The molecule has 3 heterocycles. The lowest BCUT2D eigenvalue weighted by Gasteiger charge is -2.31. The molecule has 23 heavy (non-hydrogen) atoms. The van der Waals surface area contributed by atoms with Crippen LogP contribution < -0.4 is 11.4 Å². The minimum atomic E-state index is -0.401. The fourth-order valence-corrected chi connectivity index (χ4v) is 3.43. The molecule has 1 aliphatic heterocycles. The van der Waals surface area contributed by atoms with Gasteiger partial charge in [0.1, 0.15) is 0 Å². The summed E-state index contributed by atoms with van der Waals surface area (Å²) in [5, 5.41) is 0.940. The number of benzene rings is 1. The SMILES string of the molecule is NC(=O)N1CCC(n2c(=O)[nH]c3c4ccccc4ncc32)CC1. The summed E-state index contributed by atoms with van der Waals surface area (Å²) in [7, 11) is 0. The molecule has 0 saturated carbocycles. The van der Waals surface area contributed by atoms with Gasteiger partial charge in [0.25, 0.3) is 0 Å². The Balaban J connectivity index is 1.79. The molecule has 3 aromatic rings. The normalized spacial score (nSPS) is 16.3. The smallest absolute Gasteiger partial charge is 0.326 e. The zero-order valence-corrected chi connectivity index (χ0v) is 12.5. The molecule has 1 aliphatic rings. The highest BCUT2D eigenvalue weighted by Gasteiger charge is 2.25. The Morgan fingerprint density at radius 3 is 2.74 bits per heavy atom. The van der Waals surface area contributed by atoms with Gasteiger partial charge in [-0.1, -0.05) is 18.2 Å². The Bertz CT molecular complexity index is 950. The number of amides is 2. The maximum absolute atomic E-state index is 12.5. The number of likely N-dealkylation sites (tertiary alicyclic amines) is 1. The molecule has 7 nitrogen and oxygen atoms in total. The van der Waals surface area contributed by atoms with Crippen LogP contribution in [-0.4, -0.2) is 38.6 Å². The maximum atomic E-state index is 12.5. The van der Waals surface area contributed by atoms with Crippen molar-refractivity contribution in [2.24, 2.45) is 5.73 Å². The second-order valence-corrected chi connectivity index (χ2v) is 5.89. The monoisotopic (exact) mass is 311 g/mol. The fraction of sp³-hybridized carbons (Fsp3) is 0.312. The zero-order chi connectivity index (χ0) is 16.0. The average molecular weight is 311 g/mol. The molecular formula is C16H17N5O2. The van der Waals surface area contributed by atoms with E-state index in [0.29, 0.717) is 25.9 Å². The predicted molar refractivity (Wildman–Crippen MR) is 87.3 cm³/mol. The summed E-state index contributed by atoms with van der Waals surface area (Å²) in [6.07, 6.45) is 3.17. The number of nitrogens with zero attached hydrogens (tertiary/aromatic N) is 3. The Hall–Kier alpha value is -2.83. The molecule has 1 fully saturated rings. The molecule has 1 saturated heterocycles. The summed E-state index contributed by atoms with van der Waals surface area (Å²) in [5.74, 6) is 0. The largest absolute Gasteiger partial charge is 0.351 e. The van der Waals surface area contributed by atoms with E-state index in [9.17, 15) is 9.59 Å². The third-order valence-electron chi connectivity index (χ3n) is 4.61. The van der Waals surface area contributed by atoms with Crippen molar-refractivity contribution in [3.05, 3.63) is 40.9 Å². The van der Waals surface area contributed by atoms with Crippen LogP contribution in [-0.2, 0) is 0 Å². The maximum Gasteiger partial charge on any atom is 0.326 e. The number of aromatic amines is 1. The van der Waals surface area contributed by atoms with E-state index in [2.05, 4.69) is 9.97 Å². The Morgan fingerprint density at radius 1 is 1.26 bits per heavy atom. The summed E-state index contributed by atoms with van der Waals surface area (Å²) < 4.78 is 1.77. The van der Waals surface area contributed by atoms with Crippen molar-refractivity contribution in [2.75, 3.05) is 13.1 Å². The number of nitrogens with one attached hydrogen (secondary N) is 1. The van der Waals surface area contributed by atoms with Gasteiger partial charge in [0.05, 0.1) is 22.7 Å². The van der Waals surface area contributed by atoms with Crippen LogP contribution in [0.15, 0.2) is 35.3 Å². The molecule has 118 valence electrons. The first-order valence-corrected chi connectivity index (χ1v) is 7.67. The van der Waals surface area contributed by atoms with Gasteiger partial charge >= 0.3 is 11.7 Å². The number of aromatic nitrogens is 3. The van der Waals surface area contributed by atoms with Gasteiger partial charge in [-0.2, -0.15) is 0 Å². The fourth-order valence-electron chi connectivity index (χ4n) is 3.43. The number of H-pyrrole nitrogens is 1. The first-order chi connectivity index (χ1) is 11.1. The number of rotatable bonds is 1. The van der Waals surface area contributed by atoms with Gasteiger partial charge in [0, 0.05) is 24.5 Å². The van der Waals surface area contributed by atoms with E-state index in [0.717, 1.165) is 21.9 Å². The van der Waals surface area contributed by atoms with Gasteiger partial charge < -0.3 is 15.6 Å². The summed E-state index contributed by atoms with van der Waals surface area (Å²) in [4.78, 5) is 32.7. The second-order valence-electron chi connectivity index (χ2n) is 5.89. The molecule has 7 heteroatoms. The Kier molecular flexibility index (Phi) is 3.07. The molecule has 0 aliphatic carbocycles. The third-order valence-corrected chi connectivity index (χ3v) is 4.61. The van der Waals surface area contributed by atoms with Gasteiger partial charge in [-0.15, -0.1) is 0 Å². The minimum Gasteiger partial charge on any atom is -0.351 e. The number of hydrogen-bond acceptors (Lipinski definition) is 3. The van der Waals surface area contributed by atoms with Crippen molar-refractivity contribution in [1.29, 1.82) is 0 Å². The Labute approximate surface area is 131 Å². The van der Waals surface area contributed by atoms with E-state index in [1.807, 2.05) is 24.3 Å². The highest BCUT2D eigenvalue weighted by molar-refractivity contribution is 6.01. The molecule has 0 radical (unpaired) electrons. The summed E-state index contributed by atoms with van der Waals surface area (Å²) in [6.45, 7) is 1.14. The van der Waals surface area contributed by atoms with Crippen LogP contribution in [0.3, 0.4) is 0 Å². The van der Waals surface area contributed by atoms with Gasteiger partial charge in [0.2, 0.25) is 0 Å². The number of urea groups is 1. The molecule has 0 spiro atoms. The van der Waals surface area contributed by atoms with Crippen molar-refractivity contribution >= 4 is 28.0 Å². The molecule has 2 amide bonds. The second kappa shape index (κ2) is 5.12. The lowest BCUT2D eigenvalue weighted by molar-refractivity contribution is 0.180. The van der Waals surface area contributed by atoms with E-state index >= 15 is 0 Å². The number of primary amides is 1. The summed E-state index contributed by atoms with van der Waals surface area (Å²) in [5.41, 5.74) is 7.67. The number of carbonyl (C=O) groups is 1. The van der Waals surface area contributed by atoms with E-state index in [1.165, 1.54) is 0 Å². The number of piperidine rings is 1. The number of fused-ring (bicyclic) bond motifs is 3. The van der Waals surface area contributed by atoms with Gasteiger partial charge in [-0.3, -0.25) is 9.55 Å². The Morgan fingerprint density at radius 2 is 2.00 bits per heavy atom. The topological polar surface area (TPSA) is 97.0 Å². The molecule has 0 atom stereocenters. The van der Waals surface area contributed by atoms with Crippen molar-refractivity contribution in [1.82, 2.24) is 19.4 Å². The molecule has 2 aromatic heterocycles. The third kappa shape index (κ3) is 2.16. The van der Waals surface area contributed by atoms with E-state index < -0.39 is 6.03 Å². The predicted octanol–water partition coefficient (Wildman–Crippen LogP) is 1.59. The van der Waals surface area contributed by atoms with Crippen molar-refractivity contribution in [3.8, 4) is 0 Å². The molecule has 4 rings (SSSR count). The number of imidazole rings is 1. The standard InChI is InChI=1S/C16H17N5O2/c17-15(22)20-7-5-10(6-8-20)21-13-9-18-12-4-2-1-3-11(12)14(13)19-16(21)23/h1-4,9-10H,5-8H2,(H2,17,22)(H,19,23). The van der Waals surface area contributed by atoms with Gasteiger partial charge in [0.15, 0.2) is 0 Å². The van der Waals surface area contributed by atoms with E-state index in [-0.39, 0.29) is 11.7 Å². The molecule has 0 unspecified atom stereocenters. The number of carbonyl (C=O) groups excluding carboxylic acids is 1. The van der Waals surface area contributed by atoms with Gasteiger partial charge in [-0.25, -0.2) is 9.59 Å². The summed E-state index contributed by atoms with van der Waals surface area (Å²) >= 11 is 0. The molecule has 1 aromatic carbocycles. The van der Waals surface area contributed by atoms with Crippen LogP contribution in [0.5, 0.6) is 0 Å². The highest BCUT2D eigenvalue weighted by atomic mass is 16.2. The first-order valence-electron chi connectivity index (χ1n) is 7.67. The molecular weight excluding hydrogens is 294 g/mol. The van der Waals surface area contributed by atoms with Crippen LogP contribution in [0.4, 0.5) is 4.79 Å². The van der Waals surface area contributed by atoms with Crippen LogP contribution in [0.2, 0.25) is 0 Å². The highest BCUT2D eigenvalue weighted by Crippen LogP contribution is 2.27. The van der Waals surface area contributed by atoms with Crippen LogP contribution in [0, 0.1) is 0 Å². The van der Waals surface area contributed by atoms with E-state index in [1.54, 1.807) is 15.7 Å². The van der Waals surface area contributed by atoms with Crippen molar-refractivity contribution < 1.29 is 4.79 Å². The summed E-state index contributed by atoms with van der Waals surface area (Å²) in [6, 6.07) is 7.40. The number of nitrogens with two attached hydrogens (primary N) is 1. The van der Waals surface area contributed by atoms with Gasteiger partial charge in [-0.05, 0) is 18.9 Å². The lowest BCUT2D eigenvalue weighted by Crippen LogP contribution is -2.43. The van der Waals surface area contributed by atoms with Crippen LogP contribution in [0.1, 0.15) is 18.9 Å². The van der Waals surface area contributed by atoms with Crippen LogP contribution in [0.25, 0.3) is 21.9 Å². The lowest BCUT2D eigenvalue weighted by atomic mass is 10.0.